The summed E-state index contributed by atoms with van der Waals surface area (Å²) in [5.41, 5.74) is 0.939. The summed E-state index contributed by atoms with van der Waals surface area (Å²) in [6.45, 7) is 0. The Balaban J connectivity index is 2.45. The molecule has 94 valence electrons. The van der Waals surface area contributed by atoms with Crippen LogP contribution in [0, 0.1) is 0 Å². The van der Waals surface area contributed by atoms with Gasteiger partial charge in [-0.25, -0.2) is 0 Å². The highest BCUT2D eigenvalue weighted by atomic mass is 32.2. The average Bonchev–Trinajstić information content (AvgIpc) is 2.80. The van der Waals surface area contributed by atoms with Crippen molar-refractivity contribution in [1.29, 1.82) is 0 Å². The summed E-state index contributed by atoms with van der Waals surface area (Å²) in [5.74, 6) is 0.708. The number of rotatable bonds is 4. The normalized spacial score (nSPS) is 11.1. The standard InChI is InChI=1S/C11H14N6S/c1-16(2)8-13-17-10(14-15-11(17)18-3)9-4-6-12-7-5-9/h4-8H,1-3H3/b13-8+. The van der Waals surface area contributed by atoms with Crippen LogP contribution in [-0.2, 0) is 0 Å². The van der Waals surface area contributed by atoms with Crippen molar-refractivity contribution in [2.24, 2.45) is 5.10 Å². The molecule has 0 amide bonds. The number of hydrogen-bond donors (Lipinski definition) is 0. The summed E-state index contributed by atoms with van der Waals surface area (Å²) in [6.07, 6.45) is 7.11. The van der Waals surface area contributed by atoms with Crippen LogP contribution in [0.5, 0.6) is 0 Å². The Morgan fingerprint density at radius 3 is 2.61 bits per heavy atom. The van der Waals surface area contributed by atoms with E-state index >= 15 is 0 Å². The van der Waals surface area contributed by atoms with Gasteiger partial charge in [-0.05, 0) is 18.4 Å². The highest BCUT2D eigenvalue weighted by molar-refractivity contribution is 7.98. The molecule has 0 radical (unpaired) electrons. The lowest BCUT2D eigenvalue weighted by molar-refractivity contribution is 0.626. The van der Waals surface area contributed by atoms with Gasteiger partial charge in [-0.3, -0.25) is 4.98 Å². The second kappa shape index (κ2) is 5.63. The molecular formula is C11H14N6S. The zero-order valence-electron chi connectivity index (χ0n) is 10.5. The fraction of sp³-hybridized carbons (Fsp3) is 0.273. The van der Waals surface area contributed by atoms with Crippen LogP contribution >= 0.6 is 11.8 Å². The van der Waals surface area contributed by atoms with Gasteiger partial charge in [0, 0.05) is 32.1 Å². The lowest BCUT2D eigenvalue weighted by Gasteiger charge is -2.05. The van der Waals surface area contributed by atoms with E-state index in [1.54, 1.807) is 23.4 Å². The van der Waals surface area contributed by atoms with Gasteiger partial charge in [-0.1, -0.05) is 11.8 Å². The maximum absolute atomic E-state index is 4.36. The molecular weight excluding hydrogens is 248 g/mol. The van der Waals surface area contributed by atoms with E-state index in [4.69, 9.17) is 0 Å². The van der Waals surface area contributed by atoms with E-state index in [0.29, 0.717) is 5.82 Å². The quantitative estimate of drug-likeness (QED) is 0.474. The van der Waals surface area contributed by atoms with Crippen LogP contribution in [0.4, 0.5) is 0 Å². The minimum atomic E-state index is 0.708. The molecule has 0 aliphatic carbocycles. The van der Waals surface area contributed by atoms with Crippen molar-refractivity contribution >= 4 is 18.1 Å². The van der Waals surface area contributed by atoms with Crippen molar-refractivity contribution < 1.29 is 0 Å². The summed E-state index contributed by atoms with van der Waals surface area (Å²) in [4.78, 5) is 5.85. The SMILES string of the molecule is CSc1nnc(-c2ccncc2)n1/N=C/N(C)C. The number of thioether (sulfide) groups is 1. The van der Waals surface area contributed by atoms with Crippen molar-refractivity contribution in [3.05, 3.63) is 24.5 Å². The Morgan fingerprint density at radius 1 is 1.28 bits per heavy atom. The van der Waals surface area contributed by atoms with Crippen LogP contribution in [0.1, 0.15) is 0 Å². The van der Waals surface area contributed by atoms with Crippen LogP contribution in [0.2, 0.25) is 0 Å². The third kappa shape index (κ3) is 2.67. The third-order valence-electron chi connectivity index (χ3n) is 2.13. The zero-order valence-corrected chi connectivity index (χ0v) is 11.3. The maximum atomic E-state index is 4.36. The molecule has 0 fully saturated rings. The van der Waals surface area contributed by atoms with Crippen molar-refractivity contribution in [3.63, 3.8) is 0 Å². The van der Waals surface area contributed by atoms with E-state index in [1.807, 2.05) is 37.4 Å². The van der Waals surface area contributed by atoms with Gasteiger partial charge in [0.1, 0.15) is 6.34 Å². The fourth-order valence-corrected chi connectivity index (χ4v) is 1.76. The lowest BCUT2D eigenvalue weighted by Crippen LogP contribution is -2.09. The lowest BCUT2D eigenvalue weighted by atomic mass is 10.2. The molecule has 18 heavy (non-hydrogen) atoms. The Morgan fingerprint density at radius 2 is 2.00 bits per heavy atom. The van der Waals surface area contributed by atoms with Crippen LogP contribution in [0.25, 0.3) is 11.4 Å². The predicted molar refractivity (Wildman–Crippen MR) is 72.6 cm³/mol. The molecule has 0 N–H and O–H groups in total. The first-order chi connectivity index (χ1) is 8.72. The molecule has 0 bridgehead atoms. The van der Waals surface area contributed by atoms with Crippen molar-refractivity contribution in [2.75, 3.05) is 20.4 Å². The van der Waals surface area contributed by atoms with Gasteiger partial charge in [0.2, 0.25) is 5.16 Å². The number of aromatic nitrogens is 4. The maximum Gasteiger partial charge on any atom is 0.212 e. The molecule has 2 rings (SSSR count). The van der Waals surface area contributed by atoms with E-state index in [-0.39, 0.29) is 0 Å². The van der Waals surface area contributed by atoms with Gasteiger partial charge in [0.15, 0.2) is 5.82 Å². The van der Waals surface area contributed by atoms with Crippen LogP contribution in [-0.4, -0.2) is 51.4 Å². The summed E-state index contributed by atoms with van der Waals surface area (Å²) < 4.78 is 1.72. The van der Waals surface area contributed by atoms with E-state index < -0.39 is 0 Å². The third-order valence-corrected chi connectivity index (χ3v) is 2.75. The molecule has 0 aliphatic rings. The zero-order chi connectivity index (χ0) is 13.0. The first-order valence-corrected chi connectivity index (χ1v) is 6.55. The predicted octanol–water partition coefficient (Wildman–Crippen LogP) is 1.41. The molecule has 0 atom stereocenters. The topological polar surface area (TPSA) is 59.2 Å². The summed E-state index contributed by atoms with van der Waals surface area (Å²) in [5, 5.41) is 13.4. The van der Waals surface area contributed by atoms with Gasteiger partial charge < -0.3 is 4.90 Å². The number of nitrogens with zero attached hydrogens (tertiary/aromatic N) is 6. The van der Waals surface area contributed by atoms with E-state index in [2.05, 4.69) is 20.3 Å². The minimum absolute atomic E-state index is 0.708. The molecule has 0 aromatic carbocycles. The number of hydrogen-bond acceptors (Lipinski definition) is 5. The molecule has 0 spiro atoms. The summed E-state index contributed by atoms with van der Waals surface area (Å²) in [6, 6.07) is 3.77. The van der Waals surface area contributed by atoms with E-state index in [0.717, 1.165) is 10.7 Å². The number of pyridine rings is 1. The monoisotopic (exact) mass is 262 g/mol. The van der Waals surface area contributed by atoms with Crippen LogP contribution < -0.4 is 0 Å². The molecule has 2 aromatic rings. The summed E-state index contributed by atoms with van der Waals surface area (Å²) in [7, 11) is 3.83. The molecule has 2 aromatic heterocycles. The first kappa shape index (κ1) is 12.6. The molecule has 0 unspecified atom stereocenters. The van der Waals surface area contributed by atoms with Gasteiger partial charge in [0.05, 0.1) is 0 Å². The smallest absolute Gasteiger partial charge is 0.212 e. The minimum Gasteiger partial charge on any atom is -0.367 e. The Hall–Kier alpha value is -1.89. The van der Waals surface area contributed by atoms with Crippen LogP contribution in [0.15, 0.2) is 34.8 Å². The highest BCUT2D eigenvalue weighted by Gasteiger charge is 2.12. The van der Waals surface area contributed by atoms with Gasteiger partial charge in [-0.2, -0.15) is 9.78 Å². The van der Waals surface area contributed by atoms with Gasteiger partial charge in [-0.15, -0.1) is 10.2 Å². The molecule has 6 nitrogen and oxygen atoms in total. The first-order valence-electron chi connectivity index (χ1n) is 5.33. The van der Waals surface area contributed by atoms with E-state index in [1.165, 1.54) is 11.8 Å². The van der Waals surface area contributed by atoms with Crippen molar-refractivity contribution in [3.8, 4) is 11.4 Å². The average molecular weight is 262 g/mol. The molecule has 0 saturated carbocycles. The second-order valence-corrected chi connectivity index (χ2v) is 4.53. The Labute approximate surface area is 110 Å². The Kier molecular flexibility index (Phi) is 3.93. The van der Waals surface area contributed by atoms with Crippen molar-refractivity contribution in [2.45, 2.75) is 5.16 Å². The summed E-state index contributed by atoms with van der Waals surface area (Å²) >= 11 is 1.50. The van der Waals surface area contributed by atoms with Crippen LogP contribution in [0.3, 0.4) is 0 Å². The van der Waals surface area contributed by atoms with E-state index in [9.17, 15) is 0 Å². The molecule has 0 aliphatic heterocycles. The molecule has 0 saturated heterocycles. The Bertz CT molecular complexity index is 534. The van der Waals surface area contributed by atoms with Gasteiger partial charge in [0.25, 0.3) is 0 Å². The van der Waals surface area contributed by atoms with Gasteiger partial charge >= 0.3 is 0 Å². The largest absolute Gasteiger partial charge is 0.367 e. The van der Waals surface area contributed by atoms with Crippen molar-refractivity contribution in [1.82, 2.24) is 24.8 Å². The molecule has 2 heterocycles. The highest BCUT2D eigenvalue weighted by Crippen LogP contribution is 2.21. The molecule has 7 heteroatoms. The second-order valence-electron chi connectivity index (χ2n) is 3.75. The fourth-order valence-electron chi connectivity index (χ4n) is 1.33.